The van der Waals surface area contributed by atoms with Crippen molar-refractivity contribution in [2.75, 3.05) is 6.61 Å². The molecule has 3 heteroatoms. The highest BCUT2D eigenvalue weighted by Crippen LogP contribution is 2.71. The van der Waals surface area contributed by atoms with Crippen LogP contribution in [0.3, 0.4) is 0 Å². The number of ether oxygens (including phenoxy) is 3. The summed E-state index contributed by atoms with van der Waals surface area (Å²) < 4.78 is 17.2. The maximum atomic E-state index is 5.86. The lowest BCUT2D eigenvalue weighted by molar-refractivity contribution is -0.00211. The number of rotatable bonds is 0. The van der Waals surface area contributed by atoms with Crippen LogP contribution in [0.2, 0.25) is 0 Å². The molecule has 3 saturated heterocycles. The van der Waals surface area contributed by atoms with Crippen LogP contribution in [0.15, 0.2) is 12.2 Å². The molecule has 0 radical (unpaired) electrons. The van der Waals surface area contributed by atoms with Crippen LogP contribution in [-0.4, -0.2) is 35.6 Å². The number of fused-ring (bicyclic) bond motifs is 7. The second-order valence-electron chi connectivity index (χ2n) is 17.6. The first-order valence-electron chi connectivity index (χ1n) is 16.3. The van der Waals surface area contributed by atoms with Gasteiger partial charge in [0.2, 0.25) is 0 Å². The minimum absolute atomic E-state index is 0.223. The quantitative estimate of drug-likeness (QED) is 0.236. The van der Waals surface area contributed by atoms with Crippen molar-refractivity contribution in [2.24, 2.45) is 51.8 Å². The minimum atomic E-state index is 0.223. The van der Waals surface area contributed by atoms with E-state index in [4.69, 9.17) is 14.2 Å². The molecule has 38 heavy (non-hydrogen) atoms. The first-order chi connectivity index (χ1) is 17.6. The highest BCUT2D eigenvalue weighted by atomic mass is 16.6. The normalized spacial score (nSPS) is 55.9. The molecular weight excluding hydrogens is 468 g/mol. The van der Waals surface area contributed by atoms with Crippen molar-refractivity contribution >= 4 is 0 Å². The van der Waals surface area contributed by atoms with Gasteiger partial charge in [0.1, 0.15) is 0 Å². The van der Waals surface area contributed by atoms with Gasteiger partial charge in [0.05, 0.1) is 35.6 Å². The van der Waals surface area contributed by atoms with Crippen molar-refractivity contribution in [2.45, 2.75) is 149 Å². The second kappa shape index (κ2) is 7.91. The average molecular weight is 525 g/mol. The third-order valence-electron chi connectivity index (χ3n) is 14.5. The summed E-state index contributed by atoms with van der Waals surface area (Å²) in [5, 5.41) is 0. The summed E-state index contributed by atoms with van der Waals surface area (Å²) in [6.45, 7) is 24.4. The lowest BCUT2D eigenvalue weighted by Crippen LogP contribution is -2.44. The number of epoxide rings is 3. The van der Waals surface area contributed by atoms with Gasteiger partial charge in [-0.2, -0.15) is 0 Å². The maximum Gasteiger partial charge on any atom is 0.0997 e. The molecule has 9 rings (SSSR count). The molecule has 6 saturated carbocycles. The molecule has 0 aromatic carbocycles. The van der Waals surface area contributed by atoms with Gasteiger partial charge in [0.15, 0.2) is 0 Å². The first kappa shape index (κ1) is 26.5. The van der Waals surface area contributed by atoms with Crippen LogP contribution in [0.5, 0.6) is 0 Å². The fourth-order valence-electron chi connectivity index (χ4n) is 10.9. The zero-order valence-electron chi connectivity index (χ0n) is 25.8. The fourth-order valence-corrected chi connectivity index (χ4v) is 10.9. The van der Waals surface area contributed by atoms with Gasteiger partial charge in [-0.15, -0.1) is 0 Å². The predicted octanol–water partition coefficient (Wildman–Crippen LogP) is 8.36. The van der Waals surface area contributed by atoms with Gasteiger partial charge in [-0.05, 0) is 130 Å². The van der Waals surface area contributed by atoms with E-state index in [0.717, 1.165) is 42.1 Å². The Hall–Kier alpha value is -0.380. The van der Waals surface area contributed by atoms with E-state index < -0.39 is 0 Å². The summed E-state index contributed by atoms with van der Waals surface area (Å²) in [7, 11) is 0. The van der Waals surface area contributed by atoms with Crippen molar-refractivity contribution in [3.63, 3.8) is 0 Å². The van der Waals surface area contributed by atoms with E-state index in [1.165, 1.54) is 69.8 Å². The SMILES string of the molecule is C=C1CCC2OC2(C)CC[C@@H]2[C@@H]1CC2(C)C.CC1(C)C2CCC(C2)C12CO2.CC12CC3C(CC1O2)C3(C)C. The number of hydrogen-bond donors (Lipinski definition) is 0. The van der Waals surface area contributed by atoms with Crippen LogP contribution >= 0.6 is 0 Å². The summed E-state index contributed by atoms with van der Waals surface area (Å²) in [6.07, 6.45) is 14.5. The van der Waals surface area contributed by atoms with E-state index in [1.807, 2.05) is 0 Å². The average Bonchev–Trinajstić information content (AvgIpc) is 3.80. The summed E-state index contributed by atoms with van der Waals surface area (Å²) in [5.74, 6) is 5.53. The lowest BCUT2D eigenvalue weighted by Gasteiger charge is -2.53. The van der Waals surface area contributed by atoms with Crippen molar-refractivity contribution in [1.29, 1.82) is 0 Å². The van der Waals surface area contributed by atoms with Crippen molar-refractivity contribution < 1.29 is 14.2 Å². The van der Waals surface area contributed by atoms with Gasteiger partial charge in [-0.3, -0.25) is 0 Å². The van der Waals surface area contributed by atoms with Crippen molar-refractivity contribution in [3.05, 3.63) is 12.2 Å². The Morgan fingerprint density at radius 3 is 1.97 bits per heavy atom. The molecule has 0 N–H and O–H groups in total. The number of allylic oxidation sites excluding steroid dienone is 1. The largest absolute Gasteiger partial charge is 0.369 e. The summed E-state index contributed by atoms with van der Waals surface area (Å²) in [4.78, 5) is 0. The van der Waals surface area contributed by atoms with Gasteiger partial charge < -0.3 is 14.2 Å². The molecule has 0 amide bonds. The molecule has 214 valence electrons. The van der Waals surface area contributed by atoms with Gasteiger partial charge in [-0.25, -0.2) is 0 Å². The minimum Gasteiger partial charge on any atom is -0.369 e. The molecule has 3 aliphatic heterocycles. The van der Waals surface area contributed by atoms with Gasteiger partial charge in [0.25, 0.3) is 0 Å². The Labute approximate surface area is 233 Å². The molecule has 3 nitrogen and oxygen atoms in total. The topological polar surface area (TPSA) is 37.6 Å². The molecule has 9 aliphatic rings. The highest BCUT2D eigenvalue weighted by Gasteiger charge is 2.71. The van der Waals surface area contributed by atoms with E-state index in [0.29, 0.717) is 39.7 Å². The fraction of sp³-hybridized carbons (Fsp3) is 0.943. The molecule has 6 aliphatic carbocycles. The molecule has 9 unspecified atom stereocenters. The van der Waals surface area contributed by atoms with Crippen LogP contribution in [-0.2, 0) is 14.2 Å². The smallest absolute Gasteiger partial charge is 0.0997 e. The predicted molar refractivity (Wildman–Crippen MR) is 153 cm³/mol. The van der Waals surface area contributed by atoms with E-state index in [9.17, 15) is 0 Å². The van der Waals surface area contributed by atoms with Crippen molar-refractivity contribution in [3.8, 4) is 0 Å². The van der Waals surface area contributed by atoms with Crippen LogP contribution in [0.1, 0.15) is 120 Å². The maximum absolute atomic E-state index is 5.86. The Morgan fingerprint density at radius 1 is 0.711 bits per heavy atom. The van der Waals surface area contributed by atoms with Crippen LogP contribution in [0.25, 0.3) is 0 Å². The van der Waals surface area contributed by atoms with Gasteiger partial charge >= 0.3 is 0 Å². The molecule has 9 fully saturated rings. The Balaban J connectivity index is 0.0000000980. The summed E-state index contributed by atoms with van der Waals surface area (Å²) in [6, 6.07) is 0. The van der Waals surface area contributed by atoms with Crippen LogP contribution in [0, 0.1) is 51.8 Å². The monoisotopic (exact) mass is 524 g/mol. The molecule has 0 aromatic heterocycles. The second-order valence-corrected chi connectivity index (χ2v) is 17.6. The first-order valence-corrected chi connectivity index (χ1v) is 16.3. The van der Waals surface area contributed by atoms with Crippen LogP contribution < -0.4 is 0 Å². The van der Waals surface area contributed by atoms with E-state index in [2.05, 4.69) is 62.0 Å². The lowest BCUT2D eigenvalue weighted by atomic mass is 9.52. The van der Waals surface area contributed by atoms with Crippen molar-refractivity contribution in [1.82, 2.24) is 0 Å². The summed E-state index contributed by atoms with van der Waals surface area (Å²) in [5.41, 5.74) is 4.09. The third-order valence-corrected chi connectivity index (χ3v) is 14.5. The highest BCUT2D eigenvalue weighted by molar-refractivity contribution is 5.20. The molecular formula is C35H56O3. The Kier molecular flexibility index (Phi) is 5.52. The van der Waals surface area contributed by atoms with E-state index >= 15 is 0 Å². The molecule has 1 spiro atoms. The Morgan fingerprint density at radius 2 is 1.39 bits per heavy atom. The third kappa shape index (κ3) is 3.83. The van der Waals surface area contributed by atoms with E-state index in [1.54, 1.807) is 0 Å². The van der Waals surface area contributed by atoms with Gasteiger partial charge in [0, 0.05) is 0 Å². The van der Waals surface area contributed by atoms with E-state index in [-0.39, 0.29) is 5.60 Å². The van der Waals surface area contributed by atoms with Crippen LogP contribution in [0.4, 0.5) is 0 Å². The molecule has 2 bridgehead atoms. The molecule has 3 heterocycles. The van der Waals surface area contributed by atoms with Gasteiger partial charge in [-0.1, -0.05) is 53.7 Å². The standard InChI is InChI=1S/C15H24O.2C10H16O/c1-10-5-6-13-15(4,16-13)8-7-12-11(10)9-14(12,2)3;1-9(2)6-4-8-10(3,11-8)5-7(6)9;1-9(2)7-3-4-8(5-7)10(9)6-11-10/h11-13H,1,5-9H2,2-4H3;6-8H,4-5H2,1-3H3;7-8H,3-6H2,1-2H3/t11-,12-,13?,15?;;/m1../s1. The zero-order chi connectivity index (χ0) is 27.1. The zero-order valence-corrected chi connectivity index (χ0v) is 25.8. The summed E-state index contributed by atoms with van der Waals surface area (Å²) >= 11 is 0. The molecule has 11 atom stereocenters. The number of hydrogen-bond acceptors (Lipinski definition) is 3. The Bertz CT molecular complexity index is 995. The molecule has 0 aromatic rings.